The summed E-state index contributed by atoms with van der Waals surface area (Å²) in [6.07, 6.45) is -0.0508. The fourth-order valence-electron chi connectivity index (χ4n) is 1.87. The van der Waals surface area contributed by atoms with Crippen molar-refractivity contribution in [3.63, 3.8) is 0 Å². The zero-order chi connectivity index (χ0) is 13.1. The minimum Gasteiger partial charge on any atom is -0.480 e. The average Bonchev–Trinajstić information content (AvgIpc) is 2.81. The second-order valence-electron chi connectivity index (χ2n) is 4.17. The number of hydrogen-bond donors (Lipinski definition) is 1. The number of amides is 1. The van der Waals surface area contributed by atoms with Crippen LogP contribution in [-0.2, 0) is 20.7 Å². The van der Waals surface area contributed by atoms with E-state index in [2.05, 4.69) is 10.1 Å². The Labute approximate surface area is 105 Å². The number of carbonyl (C=O) groups is 2. The number of rotatable bonds is 3. The summed E-state index contributed by atoms with van der Waals surface area (Å²) in [5.41, 5.74) is 1.00. The molecule has 1 aromatic carbocycles. The first-order chi connectivity index (χ1) is 8.61. The van der Waals surface area contributed by atoms with Crippen molar-refractivity contribution in [1.82, 2.24) is 5.32 Å². The molecule has 5 nitrogen and oxygen atoms in total. The molecule has 2 rings (SSSR count). The van der Waals surface area contributed by atoms with Gasteiger partial charge in [0.2, 0.25) is 0 Å². The highest BCUT2D eigenvalue weighted by atomic mass is 16.5. The Bertz CT molecular complexity index is 447. The molecule has 18 heavy (non-hydrogen) atoms. The van der Waals surface area contributed by atoms with E-state index in [0.717, 1.165) is 11.3 Å². The van der Waals surface area contributed by atoms with Crippen LogP contribution in [0.1, 0.15) is 12.5 Å². The molecule has 0 bridgehead atoms. The van der Waals surface area contributed by atoms with Gasteiger partial charge in [-0.2, -0.15) is 0 Å². The second-order valence-corrected chi connectivity index (χ2v) is 4.17. The van der Waals surface area contributed by atoms with Crippen molar-refractivity contribution in [2.45, 2.75) is 25.5 Å². The Morgan fingerprint density at radius 1 is 1.44 bits per heavy atom. The fourth-order valence-corrected chi connectivity index (χ4v) is 1.87. The lowest BCUT2D eigenvalue weighted by Gasteiger charge is -2.15. The first-order valence-electron chi connectivity index (χ1n) is 5.74. The number of esters is 1. The summed E-state index contributed by atoms with van der Waals surface area (Å²) in [6.45, 7) is 1.58. The van der Waals surface area contributed by atoms with Crippen LogP contribution in [-0.4, -0.2) is 31.1 Å². The van der Waals surface area contributed by atoms with Crippen LogP contribution < -0.4 is 10.1 Å². The smallest absolute Gasteiger partial charge is 0.328 e. The monoisotopic (exact) mass is 249 g/mol. The summed E-state index contributed by atoms with van der Waals surface area (Å²) in [4.78, 5) is 23.1. The summed E-state index contributed by atoms with van der Waals surface area (Å²) in [6, 6.07) is 6.84. The van der Waals surface area contributed by atoms with Crippen LogP contribution in [0.4, 0.5) is 0 Å². The van der Waals surface area contributed by atoms with Gasteiger partial charge in [0, 0.05) is 6.42 Å². The van der Waals surface area contributed by atoms with Gasteiger partial charge < -0.3 is 14.8 Å². The van der Waals surface area contributed by atoms with Crippen molar-refractivity contribution in [3.05, 3.63) is 29.8 Å². The highest BCUT2D eigenvalue weighted by Gasteiger charge is 2.30. The predicted molar refractivity (Wildman–Crippen MR) is 64.2 cm³/mol. The predicted octanol–water partition coefficient (Wildman–Crippen LogP) is 0.668. The Kier molecular flexibility index (Phi) is 3.50. The number of benzene rings is 1. The Morgan fingerprint density at radius 3 is 2.83 bits per heavy atom. The SMILES string of the molecule is COC(=O)[C@H](C)NC(=O)C1Cc2ccccc2O1. The summed E-state index contributed by atoms with van der Waals surface area (Å²) < 4.78 is 10.1. The van der Waals surface area contributed by atoms with Gasteiger partial charge in [-0.05, 0) is 18.6 Å². The van der Waals surface area contributed by atoms with E-state index in [1.807, 2.05) is 24.3 Å². The van der Waals surface area contributed by atoms with Crippen molar-refractivity contribution >= 4 is 11.9 Å². The highest BCUT2D eigenvalue weighted by Crippen LogP contribution is 2.28. The molecular weight excluding hydrogens is 234 g/mol. The number of nitrogens with one attached hydrogen (secondary N) is 1. The number of methoxy groups -OCH3 is 1. The quantitative estimate of drug-likeness (QED) is 0.800. The van der Waals surface area contributed by atoms with Gasteiger partial charge in [-0.3, -0.25) is 4.79 Å². The minimum absolute atomic E-state index is 0.302. The summed E-state index contributed by atoms with van der Waals surface area (Å²) >= 11 is 0. The van der Waals surface area contributed by atoms with Crippen LogP contribution in [0.15, 0.2) is 24.3 Å². The van der Waals surface area contributed by atoms with Gasteiger partial charge in [-0.15, -0.1) is 0 Å². The number of ether oxygens (including phenoxy) is 2. The molecule has 0 aromatic heterocycles. The molecule has 1 amide bonds. The third-order valence-corrected chi connectivity index (χ3v) is 2.85. The normalized spacial score (nSPS) is 18.4. The molecule has 1 N–H and O–H groups in total. The zero-order valence-corrected chi connectivity index (χ0v) is 10.3. The van der Waals surface area contributed by atoms with E-state index in [-0.39, 0.29) is 5.91 Å². The van der Waals surface area contributed by atoms with E-state index < -0.39 is 18.1 Å². The molecule has 0 saturated heterocycles. The largest absolute Gasteiger partial charge is 0.480 e. The molecule has 0 aliphatic carbocycles. The molecule has 1 aliphatic heterocycles. The molecule has 1 unspecified atom stereocenters. The molecule has 0 saturated carbocycles. The molecule has 1 aliphatic rings. The van der Waals surface area contributed by atoms with Gasteiger partial charge in [-0.25, -0.2) is 4.79 Å². The number of fused-ring (bicyclic) bond motifs is 1. The summed E-state index contributed by atoms with van der Waals surface area (Å²) in [5.74, 6) is -0.0497. The number of para-hydroxylation sites is 1. The third kappa shape index (κ3) is 2.45. The average molecular weight is 249 g/mol. The number of hydrogen-bond acceptors (Lipinski definition) is 4. The van der Waals surface area contributed by atoms with Crippen molar-refractivity contribution < 1.29 is 19.1 Å². The van der Waals surface area contributed by atoms with E-state index >= 15 is 0 Å². The molecule has 0 radical (unpaired) electrons. The van der Waals surface area contributed by atoms with E-state index in [9.17, 15) is 9.59 Å². The first-order valence-corrected chi connectivity index (χ1v) is 5.74. The lowest BCUT2D eigenvalue weighted by molar-refractivity contribution is -0.145. The van der Waals surface area contributed by atoms with Crippen molar-refractivity contribution in [2.24, 2.45) is 0 Å². The van der Waals surface area contributed by atoms with E-state index in [0.29, 0.717) is 6.42 Å². The lowest BCUT2D eigenvalue weighted by Crippen LogP contribution is -2.45. The van der Waals surface area contributed by atoms with Gasteiger partial charge in [-0.1, -0.05) is 18.2 Å². The Balaban J connectivity index is 1.95. The summed E-state index contributed by atoms with van der Waals surface area (Å²) in [5, 5.41) is 2.57. The fraction of sp³-hybridized carbons (Fsp3) is 0.385. The molecule has 2 atom stereocenters. The molecule has 5 heteroatoms. The summed E-state index contributed by atoms with van der Waals surface area (Å²) in [7, 11) is 1.28. The maximum absolute atomic E-state index is 11.9. The highest BCUT2D eigenvalue weighted by molar-refractivity contribution is 5.87. The topological polar surface area (TPSA) is 64.6 Å². The van der Waals surface area contributed by atoms with Gasteiger partial charge in [0.25, 0.3) is 5.91 Å². The molecule has 1 heterocycles. The van der Waals surface area contributed by atoms with Crippen LogP contribution in [0, 0.1) is 0 Å². The maximum atomic E-state index is 11.9. The van der Waals surface area contributed by atoms with E-state index in [4.69, 9.17) is 4.74 Å². The second kappa shape index (κ2) is 5.08. The molecule has 1 aromatic rings. The Hall–Kier alpha value is -2.04. The Morgan fingerprint density at radius 2 is 2.17 bits per heavy atom. The minimum atomic E-state index is -0.671. The third-order valence-electron chi connectivity index (χ3n) is 2.85. The van der Waals surface area contributed by atoms with Crippen LogP contribution in [0.3, 0.4) is 0 Å². The number of carbonyl (C=O) groups excluding carboxylic acids is 2. The van der Waals surface area contributed by atoms with Crippen molar-refractivity contribution in [2.75, 3.05) is 7.11 Å². The molecule has 96 valence electrons. The first kappa shape index (κ1) is 12.4. The van der Waals surface area contributed by atoms with Crippen molar-refractivity contribution in [1.29, 1.82) is 0 Å². The van der Waals surface area contributed by atoms with Crippen LogP contribution in [0.5, 0.6) is 5.75 Å². The van der Waals surface area contributed by atoms with Gasteiger partial charge in [0.1, 0.15) is 11.8 Å². The lowest BCUT2D eigenvalue weighted by atomic mass is 10.1. The van der Waals surface area contributed by atoms with Gasteiger partial charge in [0.15, 0.2) is 6.10 Å². The maximum Gasteiger partial charge on any atom is 0.328 e. The van der Waals surface area contributed by atoms with Gasteiger partial charge >= 0.3 is 5.97 Å². The van der Waals surface area contributed by atoms with Crippen molar-refractivity contribution in [3.8, 4) is 5.75 Å². The molecular formula is C13H15NO4. The van der Waals surface area contributed by atoms with Crippen LogP contribution >= 0.6 is 0 Å². The van der Waals surface area contributed by atoms with Crippen LogP contribution in [0.25, 0.3) is 0 Å². The molecule has 0 fully saturated rings. The molecule has 0 spiro atoms. The van der Waals surface area contributed by atoms with E-state index in [1.165, 1.54) is 7.11 Å². The zero-order valence-electron chi connectivity index (χ0n) is 10.3. The van der Waals surface area contributed by atoms with E-state index in [1.54, 1.807) is 6.92 Å². The van der Waals surface area contributed by atoms with Gasteiger partial charge in [0.05, 0.1) is 7.11 Å². The van der Waals surface area contributed by atoms with Crippen LogP contribution in [0.2, 0.25) is 0 Å². The standard InChI is InChI=1S/C13H15NO4/c1-8(13(16)17-2)14-12(15)11-7-9-5-3-4-6-10(9)18-11/h3-6,8,11H,7H2,1-2H3,(H,14,15)/t8-,11?/m0/s1.